The third kappa shape index (κ3) is 3.61. The summed E-state index contributed by atoms with van der Waals surface area (Å²) in [5.41, 5.74) is 18.1. The van der Waals surface area contributed by atoms with Crippen LogP contribution in [0.1, 0.15) is 99.9 Å². The molecular weight excluding hydrogens is 625 g/mol. The first-order chi connectivity index (χ1) is 23.8. The molecule has 6 aromatic rings. The molecule has 2 heteroatoms. The summed E-state index contributed by atoms with van der Waals surface area (Å²) in [4.78, 5) is 2.74. The van der Waals surface area contributed by atoms with Crippen molar-refractivity contribution < 1.29 is 4.74 Å². The first-order valence-electron chi connectivity index (χ1n) is 18.0. The second kappa shape index (κ2) is 9.62. The number of para-hydroxylation sites is 1. The van der Waals surface area contributed by atoms with Gasteiger partial charge in [0.25, 0.3) is 0 Å². The lowest BCUT2D eigenvalue weighted by atomic mass is 9.72. The first-order valence-corrected chi connectivity index (χ1v) is 18.8. The summed E-state index contributed by atoms with van der Waals surface area (Å²) < 4.78 is 7.34. The largest absolute Gasteiger partial charge is 0.455 e. The molecule has 0 spiro atoms. The van der Waals surface area contributed by atoms with Gasteiger partial charge in [0.2, 0.25) is 0 Å². The van der Waals surface area contributed by atoms with Gasteiger partial charge >= 0.3 is 0 Å². The molecule has 1 nitrogen and oxygen atoms in total. The van der Waals surface area contributed by atoms with Crippen molar-refractivity contribution in [2.75, 3.05) is 0 Å². The number of benzene rings is 6. The molecule has 2 aliphatic heterocycles. The van der Waals surface area contributed by atoms with E-state index in [-0.39, 0.29) is 21.7 Å². The van der Waals surface area contributed by atoms with Crippen LogP contribution in [-0.2, 0) is 21.7 Å². The maximum absolute atomic E-state index is 7.34. The Morgan fingerprint density at radius 1 is 0.340 bits per heavy atom. The van der Waals surface area contributed by atoms with Gasteiger partial charge in [0, 0.05) is 59.3 Å². The molecule has 2 heterocycles. The van der Waals surface area contributed by atoms with E-state index in [2.05, 4.69) is 165 Å². The predicted octanol–water partition coefficient (Wildman–Crippen LogP) is 13.2. The molecule has 0 atom stereocenters. The third-order valence-corrected chi connectivity index (χ3v) is 14.1. The summed E-state index contributed by atoms with van der Waals surface area (Å²) in [5.74, 6) is 2.01. The smallest absolute Gasteiger partial charge is 0.139 e. The zero-order chi connectivity index (χ0) is 34.5. The van der Waals surface area contributed by atoms with Crippen LogP contribution in [0.2, 0.25) is 0 Å². The van der Waals surface area contributed by atoms with E-state index in [1.54, 1.807) is 0 Å². The van der Waals surface area contributed by atoms with Gasteiger partial charge in [-0.15, -0.1) is 0 Å². The van der Waals surface area contributed by atoms with Crippen molar-refractivity contribution in [3.63, 3.8) is 0 Å². The van der Waals surface area contributed by atoms with E-state index in [0.717, 1.165) is 11.5 Å². The minimum Gasteiger partial charge on any atom is -0.455 e. The van der Waals surface area contributed by atoms with Crippen LogP contribution in [-0.4, -0.2) is 0 Å². The molecule has 2 aliphatic carbocycles. The molecule has 246 valence electrons. The topological polar surface area (TPSA) is 9.23 Å². The molecule has 0 aromatic heterocycles. The standard InChI is InChI=1S/C48H42OS/c1-45(2)31-19-11-9-15-29(31)39-33(45)23-25-36-42(39)49-41-27(17-13-21-35(41)47(36,5)6)28-18-14-22-37-43(28)50-44-38(48(37,7)8)26-24-34-40(44)30-16-10-12-20-32(30)46(34,3)4/h9-26H,1-8H3. The minimum absolute atomic E-state index is 0.0375. The van der Waals surface area contributed by atoms with E-state index in [4.69, 9.17) is 4.74 Å². The zero-order valence-electron chi connectivity index (χ0n) is 30.2. The highest BCUT2D eigenvalue weighted by atomic mass is 32.2. The van der Waals surface area contributed by atoms with E-state index < -0.39 is 0 Å². The lowest BCUT2D eigenvalue weighted by molar-refractivity contribution is 0.420. The van der Waals surface area contributed by atoms with Gasteiger partial charge in [0.05, 0.1) is 0 Å². The molecular formula is C48H42OS. The van der Waals surface area contributed by atoms with Crippen LogP contribution < -0.4 is 4.74 Å². The summed E-state index contributed by atoms with van der Waals surface area (Å²) in [7, 11) is 0. The number of rotatable bonds is 1. The van der Waals surface area contributed by atoms with Crippen LogP contribution in [0, 0.1) is 0 Å². The zero-order valence-corrected chi connectivity index (χ0v) is 31.0. The fraction of sp³-hybridized carbons (Fsp3) is 0.250. The Morgan fingerprint density at radius 2 is 0.760 bits per heavy atom. The van der Waals surface area contributed by atoms with Gasteiger partial charge in [-0.3, -0.25) is 0 Å². The van der Waals surface area contributed by atoms with Crippen molar-refractivity contribution >= 4 is 11.8 Å². The second-order valence-corrected chi connectivity index (χ2v) is 17.9. The van der Waals surface area contributed by atoms with Crippen LogP contribution >= 0.6 is 11.8 Å². The van der Waals surface area contributed by atoms with Crippen LogP contribution in [0.3, 0.4) is 0 Å². The Hall–Kier alpha value is -4.53. The molecule has 0 radical (unpaired) electrons. The molecule has 0 amide bonds. The van der Waals surface area contributed by atoms with E-state index in [0.29, 0.717) is 0 Å². The fourth-order valence-electron chi connectivity index (χ4n) is 9.92. The minimum atomic E-state index is -0.237. The SMILES string of the molecule is CC1(C)c2cccc(-c3cccc4c3Sc3c(ccc5c3-c3ccccc3C5(C)C)C4(C)C)c2Oc2c1ccc1c2-c2ccccc2C1(C)C. The Bertz CT molecular complexity index is 2320. The summed E-state index contributed by atoms with van der Waals surface area (Å²) >= 11 is 1.97. The summed E-state index contributed by atoms with van der Waals surface area (Å²) in [5, 5.41) is 0. The van der Waals surface area contributed by atoms with Gasteiger partial charge in [-0.05, 0) is 50.1 Å². The summed E-state index contributed by atoms with van der Waals surface area (Å²) in [6, 6.07) is 41.2. The van der Waals surface area contributed by atoms with Crippen molar-refractivity contribution in [3.05, 3.63) is 154 Å². The van der Waals surface area contributed by atoms with E-state index >= 15 is 0 Å². The average Bonchev–Trinajstić information content (AvgIpc) is 3.48. The highest BCUT2D eigenvalue weighted by molar-refractivity contribution is 7.99. The molecule has 0 unspecified atom stereocenters. The lowest BCUT2D eigenvalue weighted by Gasteiger charge is -2.39. The average molecular weight is 667 g/mol. The maximum atomic E-state index is 7.34. The van der Waals surface area contributed by atoms with E-state index in [9.17, 15) is 0 Å². The van der Waals surface area contributed by atoms with Gasteiger partial charge in [-0.25, -0.2) is 0 Å². The van der Waals surface area contributed by atoms with Crippen molar-refractivity contribution in [1.82, 2.24) is 0 Å². The number of fused-ring (bicyclic) bond motifs is 12. The summed E-state index contributed by atoms with van der Waals surface area (Å²) in [6.07, 6.45) is 0. The second-order valence-electron chi connectivity index (χ2n) is 16.9. The highest BCUT2D eigenvalue weighted by Gasteiger charge is 2.45. The van der Waals surface area contributed by atoms with Gasteiger partial charge < -0.3 is 4.74 Å². The van der Waals surface area contributed by atoms with Crippen molar-refractivity contribution in [2.24, 2.45) is 0 Å². The molecule has 0 bridgehead atoms. The summed E-state index contributed by atoms with van der Waals surface area (Å²) in [6.45, 7) is 19.0. The van der Waals surface area contributed by atoms with E-state index in [1.807, 2.05) is 11.8 Å². The Labute approximate surface area is 300 Å². The molecule has 6 aromatic carbocycles. The maximum Gasteiger partial charge on any atom is 0.139 e. The number of hydrogen-bond acceptors (Lipinski definition) is 2. The van der Waals surface area contributed by atoms with Crippen LogP contribution in [0.25, 0.3) is 33.4 Å². The van der Waals surface area contributed by atoms with Crippen molar-refractivity contribution in [3.8, 4) is 44.9 Å². The fourth-order valence-corrected chi connectivity index (χ4v) is 11.6. The van der Waals surface area contributed by atoms with Gasteiger partial charge in [0.1, 0.15) is 11.5 Å². The predicted molar refractivity (Wildman–Crippen MR) is 208 cm³/mol. The molecule has 50 heavy (non-hydrogen) atoms. The third-order valence-electron chi connectivity index (χ3n) is 12.8. The number of hydrogen-bond donors (Lipinski definition) is 0. The highest BCUT2D eigenvalue weighted by Crippen LogP contribution is 2.63. The Balaban J connectivity index is 1.19. The van der Waals surface area contributed by atoms with Crippen LogP contribution in [0.15, 0.2) is 119 Å². The van der Waals surface area contributed by atoms with Crippen LogP contribution in [0.5, 0.6) is 11.5 Å². The molecule has 0 fully saturated rings. The van der Waals surface area contributed by atoms with Crippen molar-refractivity contribution in [1.29, 1.82) is 0 Å². The lowest BCUT2D eigenvalue weighted by Crippen LogP contribution is -2.26. The quantitative estimate of drug-likeness (QED) is 0.173. The molecule has 10 rings (SSSR count). The van der Waals surface area contributed by atoms with Crippen molar-refractivity contribution in [2.45, 2.75) is 86.8 Å². The molecule has 0 saturated carbocycles. The monoisotopic (exact) mass is 666 g/mol. The molecule has 0 N–H and O–H groups in total. The van der Waals surface area contributed by atoms with Gasteiger partial charge in [-0.1, -0.05) is 176 Å². The normalized spacial score (nSPS) is 18.3. The molecule has 4 aliphatic rings. The Kier molecular flexibility index (Phi) is 5.83. The number of ether oxygens (including phenoxy) is 1. The van der Waals surface area contributed by atoms with Crippen LogP contribution in [0.4, 0.5) is 0 Å². The van der Waals surface area contributed by atoms with Gasteiger partial charge in [-0.2, -0.15) is 0 Å². The molecule has 0 saturated heterocycles. The van der Waals surface area contributed by atoms with E-state index in [1.165, 1.54) is 87.7 Å². The first kappa shape index (κ1) is 30.3. The Morgan fingerprint density at radius 3 is 1.44 bits per heavy atom. The van der Waals surface area contributed by atoms with Gasteiger partial charge in [0.15, 0.2) is 0 Å².